The number of aldehydes is 1. The third kappa shape index (κ3) is 0.941. The molecule has 1 fully saturated rings. The molecule has 0 spiro atoms. The number of carbonyl (C=O) groups excluding carboxylic acids is 1. The van der Waals surface area contributed by atoms with Gasteiger partial charge in [0.05, 0.1) is 0 Å². The Hall–Kier alpha value is -1.05. The Morgan fingerprint density at radius 2 is 2.36 bits per heavy atom. The van der Waals surface area contributed by atoms with Gasteiger partial charge in [0.25, 0.3) is 0 Å². The van der Waals surface area contributed by atoms with Gasteiger partial charge in [0.2, 0.25) is 0 Å². The summed E-state index contributed by atoms with van der Waals surface area (Å²) in [5, 5.41) is 0. The van der Waals surface area contributed by atoms with Crippen LogP contribution in [0.3, 0.4) is 0 Å². The van der Waals surface area contributed by atoms with E-state index in [1.165, 1.54) is 24.8 Å². The van der Waals surface area contributed by atoms with E-state index in [0.717, 1.165) is 18.0 Å². The van der Waals surface area contributed by atoms with E-state index in [2.05, 4.69) is 6.92 Å². The second-order valence-corrected chi connectivity index (χ2v) is 4.64. The van der Waals surface area contributed by atoms with Crippen molar-refractivity contribution in [3.63, 3.8) is 0 Å². The first-order chi connectivity index (χ1) is 6.79. The van der Waals surface area contributed by atoms with Gasteiger partial charge in [-0.2, -0.15) is 0 Å². The van der Waals surface area contributed by atoms with E-state index in [1.807, 2.05) is 6.07 Å². The van der Waals surface area contributed by atoms with Crippen LogP contribution in [0, 0.1) is 5.92 Å². The molecule has 3 atom stereocenters. The molecule has 2 heteroatoms. The maximum atomic E-state index is 10.6. The van der Waals surface area contributed by atoms with E-state index in [9.17, 15) is 4.79 Å². The predicted molar refractivity (Wildman–Crippen MR) is 52.6 cm³/mol. The van der Waals surface area contributed by atoms with Crippen molar-refractivity contribution in [2.75, 3.05) is 0 Å². The summed E-state index contributed by atoms with van der Waals surface area (Å²) >= 11 is 0. The molecule has 1 saturated carbocycles. The van der Waals surface area contributed by atoms with Crippen molar-refractivity contribution in [1.29, 1.82) is 0 Å². The van der Waals surface area contributed by atoms with E-state index >= 15 is 0 Å². The fraction of sp³-hybridized carbons (Fsp3) is 0.583. The van der Waals surface area contributed by atoms with Crippen molar-refractivity contribution < 1.29 is 9.21 Å². The minimum Gasteiger partial charge on any atom is -0.458 e. The van der Waals surface area contributed by atoms with Gasteiger partial charge < -0.3 is 4.42 Å². The molecule has 1 heterocycles. The molecular weight excluding hydrogens is 176 g/mol. The molecular formula is C12H14O2. The van der Waals surface area contributed by atoms with Crippen LogP contribution >= 0.6 is 0 Å². The number of rotatable bonds is 1. The van der Waals surface area contributed by atoms with Gasteiger partial charge in [-0.1, -0.05) is 6.92 Å². The third-order valence-corrected chi connectivity index (χ3v) is 3.97. The number of hydrogen-bond donors (Lipinski definition) is 0. The topological polar surface area (TPSA) is 30.2 Å². The lowest BCUT2D eigenvalue weighted by molar-refractivity contribution is 0.109. The number of fused-ring (bicyclic) bond motifs is 4. The summed E-state index contributed by atoms with van der Waals surface area (Å²) in [4.78, 5) is 10.6. The second kappa shape index (κ2) is 2.72. The van der Waals surface area contributed by atoms with Crippen molar-refractivity contribution in [2.24, 2.45) is 5.92 Å². The molecule has 1 aromatic rings. The van der Waals surface area contributed by atoms with E-state index in [0.29, 0.717) is 17.6 Å². The normalized spacial score (nSPS) is 34.2. The summed E-state index contributed by atoms with van der Waals surface area (Å²) < 4.78 is 5.59. The Labute approximate surface area is 83.3 Å². The summed E-state index contributed by atoms with van der Waals surface area (Å²) in [6.07, 6.45) is 4.65. The Kier molecular flexibility index (Phi) is 1.61. The van der Waals surface area contributed by atoms with Crippen LogP contribution in [0.15, 0.2) is 10.5 Å². The molecule has 0 radical (unpaired) electrons. The van der Waals surface area contributed by atoms with Gasteiger partial charge in [-0.15, -0.1) is 0 Å². The molecule has 2 aliphatic carbocycles. The largest absolute Gasteiger partial charge is 0.458 e. The molecule has 0 N–H and O–H groups in total. The number of carbonyl (C=O) groups is 1. The van der Waals surface area contributed by atoms with Gasteiger partial charge in [-0.05, 0) is 42.7 Å². The standard InChI is InChI=1S/C12H14O2/c1-7-8-2-3-9(4-8)12-11(7)5-10(6-13)14-12/h5-9H,2-4H2,1H3. The molecule has 74 valence electrons. The van der Waals surface area contributed by atoms with Gasteiger partial charge in [0.1, 0.15) is 5.76 Å². The summed E-state index contributed by atoms with van der Waals surface area (Å²) in [6, 6.07) is 1.94. The first kappa shape index (κ1) is 8.27. The zero-order valence-electron chi connectivity index (χ0n) is 8.32. The van der Waals surface area contributed by atoms with Crippen LogP contribution in [0.2, 0.25) is 0 Å². The van der Waals surface area contributed by atoms with Gasteiger partial charge in [0, 0.05) is 5.92 Å². The Balaban J connectivity index is 2.13. The molecule has 3 rings (SSSR count). The average molecular weight is 190 g/mol. The maximum absolute atomic E-state index is 10.6. The fourth-order valence-electron chi connectivity index (χ4n) is 3.14. The summed E-state index contributed by atoms with van der Waals surface area (Å²) in [5.41, 5.74) is 1.30. The highest BCUT2D eigenvalue weighted by atomic mass is 16.3. The van der Waals surface area contributed by atoms with Crippen LogP contribution in [-0.4, -0.2) is 6.29 Å². The highest BCUT2D eigenvalue weighted by Gasteiger charge is 2.40. The van der Waals surface area contributed by atoms with Crippen LogP contribution in [0.1, 0.15) is 59.9 Å². The van der Waals surface area contributed by atoms with Crippen LogP contribution in [0.4, 0.5) is 0 Å². The molecule has 14 heavy (non-hydrogen) atoms. The SMILES string of the molecule is CC1c2cc(C=O)oc2C2CCC1C2. The zero-order valence-corrected chi connectivity index (χ0v) is 8.32. The smallest absolute Gasteiger partial charge is 0.185 e. The summed E-state index contributed by atoms with van der Waals surface area (Å²) in [7, 11) is 0. The lowest BCUT2D eigenvalue weighted by Gasteiger charge is -2.24. The Morgan fingerprint density at radius 1 is 1.50 bits per heavy atom. The molecule has 0 saturated heterocycles. The molecule has 2 aliphatic rings. The first-order valence-corrected chi connectivity index (χ1v) is 5.38. The van der Waals surface area contributed by atoms with Crippen molar-refractivity contribution in [3.05, 3.63) is 23.2 Å². The molecule has 2 nitrogen and oxygen atoms in total. The van der Waals surface area contributed by atoms with E-state index in [4.69, 9.17) is 4.42 Å². The average Bonchev–Trinajstić information content (AvgIpc) is 2.80. The van der Waals surface area contributed by atoms with Gasteiger partial charge in [0.15, 0.2) is 12.0 Å². The van der Waals surface area contributed by atoms with Crippen LogP contribution in [0.25, 0.3) is 0 Å². The number of hydrogen-bond acceptors (Lipinski definition) is 2. The second-order valence-electron chi connectivity index (χ2n) is 4.64. The van der Waals surface area contributed by atoms with Gasteiger partial charge in [-0.25, -0.2) is 0 Å². The quantitative estimate of drug-likeness (QED) is 0.637. The fourth-order valence-corrected chi connectivity index (χ4v) is 3.14. The van der Waals surface area contributed by atoms with Crippen LogP contribution in [0.5, 0.6) is 0 Å². The van der Waals surface area contributed by atoms with E-state index in [-0.39, 0.29) is 0 Å². The van der Waals surface area contributed by atoms with E-state index < -0.39 is 0 Å². The first-order valence-electron chi connectivity index (χ1n) is 5.38. The molecule has 1 aromatic heterocycles. The van der Waals surface area contributed by atoms with E-state index in [1.54, 1.807) is 0 Å². The van der Waals surface area contributed by atoms with Crippen molar-refractivity contribution in [1.82, 2.24) is 0 Å². The molecule has 0 amide bonds. The lowest BCUT2D eigenvalue weighted by Crippen LogP contribution is -2.12. The zero-order chi connectivity index (χ0) is 9.71. The summed E-state index contributed by atoms with van der Waals surface area (Å²) in [5.74, 6) is 3.62. The summed E-state index contributed by atoms with van der Waals surface area (Å²) in [6.45, 7) is 2.26. The van der Waals surface area contributed by atoms with Crippen LogP contribution in [-0.2, 0) is 0 Å². The molecule has 0 aromatic carbocycles. The van der Waals surface area contributed by atoms with Gasteiger partial charge in [-0.3, -0.25) is 4.79 Å². The maximum Gasteiger partial charge on any atom is 0.185 e. The third-order valence-electron chi connectivity index (χ3n) is 3.97. The Morgan fingerprint density at radius 3 is 3.14 bits per heavy atom. The van der Waals surface area contributed by atoms with Crippen molar-refractivity contribution in [3.8, 4) is 0 Å². The molecule has 3 unspecified atom stereocenters. The highest BCUT2D eigenvalue weighted by Crippen LogP contribution is 2.52. The molecule has 2 bridgehead atoms. The van der Waals surface area contributed by atoms with Gasteiger partial charge >= 0.3 is 0 Å². The number of furan rings is 1. The minimum atomic E-state index is 0.509. The monoisotopic (exact) mass is 190 g/mol. The predicted octanol–water partition coefficient (Wildman–Crippen LogP) is 3.09. The van der Waals surface area contributed by atoms with Crippen molar-refractivity contribution >= 4 is 6.29 Å². The van der Waals surface area contributed by atoms with Crippen LogP contribution < -0.4 is 0 Å². The minimum absolute atomic E-state index is 0.509. The van der Waals surface area contributed by atoms with Crippen molar-refractivity contribution in [2.45, 2.75) is 38.0 Å². The lowest BCUT2D eigenvalue weighted by atomic mass is 9.80. The Bertz CT molecular complexity index is 364. The highest BCUT2D eigenvalue weighted by molar-refractivity contribution is 5.71. The molecule has 0 aliphatic heterocycles.